The van der Waals surface area contributed by atoms with Crippen molar-refractivity contribution < 1.29 is 0 Å². The van der Waals surface area contributed by atoms with Crippen LogP contribution in [0.25, 0.3) is 0 Å². The van der Waals surface area contributed by atoms with E-state index in [9.17, 15) is 0 Å². The van der Waals surface area contributed by atoms with E-state index in [2.05, 4.69) is 49.1 Å². The molecule has 1 fully saturated rings. The van der Waals surface area contributed by atoms with Crippen LogP contribution in [0.5, 0.6) is 0 Å². The monoisotopic (exact) mass is 361 g/mol. The molecular weight excluding hydrogens is 342 g/mol. The van der Waals surface area contributed by atoms with Crippen molar-refractivity contribution in [1.82, 2.24) is 20.0 Å². The van der Waals surface area contributed by atoms with Gasteiger partial charge < -0.3 is 4.90 Å². The van der Waals surface area contributed by atoms with Crippen LogP contribution >= 0.6 is 15.9 Å². The molecule has 0 amide bonds. The fourth-order valence-corrected chi connectivity index (χ4v) is 3.75. The van der Waals surface area contributed by atoms with Gasteiger partial charge in [0.1, 0.15) is 0 Å². The lowest BCUT2D eigenvalue weighted by molar-refractivity contribution is 0.339. The van der Waals surface area contributed by atoms with E-state index in [-0.39, 0.29) is 0 Å². The molecule has 1 atom stereocenters. The first kappa shape index (κ1) is 14.2. The van der Waals surface area contributed by atoms with E-state index in [4.69, 9.17) is 0 Å². The second-order valence-electron chi connectivity index (χ2n) is 6.67. The summed E-state index contributed by atoms with van der Waals surface area (Å²) in [5.41, 5.74) is 2.61. The average molecular weight is 362 g/mol. The molecule has 116 valence electrons. The van der Waals surface area contributed by atoms with Crippen molar-refractivity contribution in [2.75, 3.05) is 18.0 Å². The Morgan fingerprint density at radius 1 is 1.32 bits per heavy atom. The van der Waals surface area contributed by atoms with Gasteiger partial charge in [-0.15, -0.1) is 5.10 Å². The van der Waals surface area contributed by atoms with Gasteiger partial charge in [-0.2, -0.15) is 10.2 Å². The SMILES string of the molecule is CC1CCc2nnc(N3CC(Cn4cc(Br)cn4)C3)cc2C1. The zero-order valence-electron chi connectivity index (χ0n) is 12.7. The smallest absolute Gasteiger partial charge is 0.151 e. The van der Waals surface area contributed by atoms with Gasteiger partial charge in [-0.1, -0.05) is 6.92 Å². The summed E-state index contributed by atoms with van der Waals surface area (Å²) in [4.78, 5) is 2.33. The van der Waals surface area contributed by atoms with Gasteiger partial charge in [-0.05, 0) is 52.7 Å². The van der Waals surface area contributed by atoms with Gasteiger partial charge >= 0.3 is 0 Å². The Hall–Kier alpha value is -1.43. The second-order valence-corrected chi connectivity index (χ2v) is 7.59. The Labute approximate surface area is 138 Å². The van der Waals surface area contributed by atoms with E-state index in [1.807, 2.05) is 17.1 Å². The lowest BCUT2D eigenvalue weighted by atomic mass is 9.88. The Balaban J connectivity index is 1.39. The predicted octanol–water partition coefficient (Wildman–Crippen LogP) is 2.70. The number of rotatable bonds is 3. The Morgan fingerprint density at radius 3 is 2.95 bits per heavy atom. The van der Waals surface area contributed by atoms with Crippen LogP contribution in [0, 0.1) is 11.8 Å². The molecule has 0 radical (unpaired) electrons. The minimum atomic E-state index is 0.642. The van der Waals surface area contributed by atoms with Crippen molar-refractivity contribution in [3.05, 3.63) is 34.2 Å². The second kappa shape index (κ2) is 5.65. The summed E-state index contributed by atoms with van der Waals surface area (Å²) in [6, 6.07) is 2.26. The molecule has 2 aromatic rings. The van der Waals surface area contributed by atoms with Crippen molar-refractivity contribution in [3.63, 3.8) is 0 Å². The van der Waals surface area contributed by atoms with Crippen LogP contribution in [0.2, 0.25) is 0 Å². The molecule has 5 nitrogen and oxygen atoms in total. The lowest BCUT2D eigenvalue weighted by Gasteiger charge is -2.40. The summed E-state index contributed by atoms with van der Waals surface area (Å²) in [5, 5.41) is 13.2. The maximum atomic E-state index is 4.45. The molecule has 6 heteroatoms. The fourth-order valence-electron chi connectivity index (χ4n) is 3.42. The minimum Gasteiger partial charge on any atom is -0.354 e. The third kappa shape index (κ3) is 2.76. The highest BCUT2D eigenvalue weighted by Crippen LogP contribution is 2.29. The van der Waals surface area contributed by atoms with Gasteiger partial charge in [0, 0.05) is 31.7 Å². The largest absolute Gasteiger partial charge is 0.354 e. The van der Waals surface area contributed by atoms with E-state index in [1.165, 1.54) is 17.7 Å². The Kier molecular flexibility index (Phi) is 3.64. The number of aromatic nitrogens is 4. The Morgan fingerprint density at radius 2 is 2.18 bits per heavy atom. The van der Waals surface area contributed by atoms with Crippen molar-refractivity contribution in [1.29, 1.82) is 0 Å². The molecule has 3 heterocycles. The zero-order chi connectivity index (χ0) is 15.1. The molecule has 1 unspecified atom stereocenters. The number of anilines is 1. The van der Waals surface area contributed by atoms with Gasteiger partial charge in [-0.3, -0.25) is 4.68 Å². The van der Waals surface area contributed by atoms with E-state index in [0.29, 0.717) is 5.92 Å². The molecule has 0 aromatic carbocycles. The van der Waals surface area contributed by atoms with E-state index < -0.39 is 0 Å². The van der Waals surface area contributed by atoms with Crippen LogP contribution < -0.4 is 4.90 Å². The van der Waals surface area contributed by atoms with Crippen molar-refractivity contribution >= 4 is 21.7 Å². The molecule has 2 aromatic heterocycles. The number of fused-ring (bicyclic) bond motifs is 1. The van der Waals surface area contributed by atoms with Crippen molar-refractivity contribution in [2.24, 2.45) is 11.8 Å². The lowest BCUT2D eigenvalue weighted by Crippen LogP contribution is -2.49. The number of hydrogen-bond acceptors (Lipinski definition) is 4. The number of aryl methyl sites for hydroxylation is 1. The molecule has 0 saturated carbocycles. The van der Waals surface area contributed by atoms with E-state index in [0.717, 1.165) is 48.7 Å². The summed E-state index contributed by atoms with van der Waals surface area (Å²) >= 11 is 3.44. The van der Waals surface area contributed by atoms with Crippen LogP contribution in [0.4, 0.5) is 5.82 Å². The molecule has 0 bridgehead atoms. The zero-order valence-corrected chi connectivity index (χ0v) is 14.3. The van der Waals surface area contributed by atoms with Crippen LogP contribution in [0.1, 0.15) is 24.6 Å². The first-order chi connectivity index (χ1) is 10.7. The topological polar surface area (TPSA) is 46.8 Å². The van der Waals surface area contributed by atoms with Gasteiger partial charge in [0.05, 0.1) is 16.4 Å². The van der Waals surface area contributed by atoms with Crippen LogP contribution in [0.15, 0.2) is 22.9 Å². The van der Waals surface area contributed by atoms with Crippen LogP contribution in [-0.2, 0) is 19.4 Å². The maximum Gasteiger partial charge on any atom is 0.151 e. The highest BCUT2D eigenvalue weighted by atomic mass is 79.9. The molecule has 4 rings (SSSR count). The molecule has 0 spiro atoms. The fraction of sp³-hybridized carbons (Fsp3) is 0.562. The highest BCUT2D eigenvalue weighted by Gasteiger charge is 2.29. The summed E-state index contributed by atoms with van der Waals surface area (Å²) in [5.74, 6) is 2.46. The third-order valence-electron chi connectivity index (χ3n) is 4.72. The summed E-state index contributed by atoms with van der Waals surface area (Å²) < 4.78 is 3.05. The molecule has 2 aliphatic rings. The summed E-state index contributed by atoms with van der Waals surface area (Å²) in [6.45, 7) is 5.38. The van der Waals surface area contributed by atoms with Gasteiger partial charge in [0.25, 0.3) is 0 Å². The van der Waals surface area contributed by atoms with Crippen molar-refractivity contribution in [3.8, 4) is 0 Å². The molecular formula is C16H20BrN5. The number of halogens is 1. The highest BCUT2D eigenvalue weighted by molar-refractivity contribution is 9.10. The quantitative estimate of drug-likeness (QED) is 0.842. The molecule has 22 heavy (non-hydrogen) atoms. The van der Waals surface area contributed by atoms with Crippen molar-refractivity contribution in [2.45, 2.75) is 32.7 Å². The number of nitrogens with zero attached hydrogens (tertiary/aromatic N) is 5. The van der Waals surface area contributed by atoms with Gasteiger partial charge in [0.15, 0.2) is 5.82 Å². The Bertz CT molecular complexity index is 677. The normalized spacial score (nSPS) is 21.5. The first-order valence-electron chi connectivity index (χ1n) is 7.96. The molecule has 1 saturated heterocycles. The molecule has 0 N–H and O–H groups in total. The standard InChI is InChI=1S/C16H20BrN5/c1-11-2-3-15-13(4-11)5-16(20-19-15)21-7-12(8-21)9-22-10-14(17)6-18-22/h5-6,10-12H,2-4,7-9H2,1H3. The average Bonchev–Trinajstić information content (AvgIpc) is 2.87. The van der Waals surface area contributed by atoms with E-state index in [1.54, 1.807) is 0 Å². The molecule has 1 aliphatic carbocycles. The predicted molar refractivity (Wildman–Crippen MR) is 88.9 cm³/mol. The first-order valence-corrected chi connectivity index (χ1v) is 8.75. The maximum absolute atomic E-state index is 4.45. The van der Waals surface area contributed by atoms with Gasteiger partial charge in [-0.25, -0.2) is 0 Å². The minimum absolute atomic E-state index is 0.642. The van der Waals surface area contributed by atoms with Crippen LogP contribution in [-0.4, -0.2) is 33.1 Å². The number of hydrogen-bond donors (Lipinski definition) is 0. The van der Waals surface area contributed by atoms with E-state index >= 15 is 0 Å². The van der Waals surface area contributed by atoms with Gasteiger partial charge in [0.2, 0.25) is 0 Å². The summed E-state index contributed by atoms with van der Waals surface area (Å²) in [7, 11) is 0. The summed E-state index contributed by atoms with van der Waals surface area (Å²) in [6.07, 6.45) is 7.35. The third-order valence-corrected chi connectivity index (χ3v) is 5.13. The van der Waals surface area contributed by atoms with Crippen LogP contribution in [0.3, 0.4) is 0 Å². The molecule has 1 aliphatic heterocycles.